The van der Waals surface area contributed by atoms with E-state index in [1.807, 2.05) is 0 Å². The minimum atomic E-state index is -0.433. The topological polar surface area (TPSA) is 172 Å². The first-order chi connectivity index (χ1) is 24.4. The molecule has 0 spiro atoms. The number of methoxy groups -OCH3 is 2. The molecule has 0 bridgehead atoms. The largest absolute Gasteiger partial charge is 0.453 e. The number of carbonyl (C=O) groups excluding carboxylic acids is 4. The molecule has 14 nitrogen and oxygen atoms in total. The van der Waals surface area contributed by atoms with Crippen molar-refractivity contribution in [2.75, 3.05) is 75.1 Å². The normalized spacial score (nSPS) is 10.5. The molecule has 0 saturated carbocycles. The minimum absolute atomic E-state index is 0.0542. The molecule has 262 valence electrons. The Morgan fingerprint density at radius 1 is 0.420 bits per heavy atom. The van der Waals surface area contributed by atoms with Crippen molar-refractivity contribution in [3.8, 4) is 23.0 Å². The molecule has 0 aliphatic carbocycles. The van der Waals surface area contributed by atoms with Crippen molar-refractivity contribution in [3.05, 3.63) is 97.1 Å². The molecular formula is C36H38N4O10. The highest BCUT2D eigenvalue weighted by Gasteiger charge is 2.14. The molecule has 4 N–H and O–H groups in total. The van der Waals surface area contributed by atoms with Crippen molar-refractivity contribution >= 4 is 46.4 Å². The SMILES string of the molecule is COCC(=O)Nc1ccccc1Oc1ccccc1NC(=O)COCCOCC(=O)Nc1ccccc1Oc1ccccc1NC(=O)COC. The summed E-state index contributed by atoms with van der Waals surface area (Å²) in [6, 6.07) is 27.4. The number of hydrogen-bond donors (Lipinski definition) is 4. The van der Waals surface area contributed by atoms with Gasteiger partial charge in [-0.3, -0.25) is 19.2 Å². The van der Waals surface area contributed by atoms with Crippen molar-refractivity contribution in [3.63, 3.8) is 0 Å². The Morgan fingerprint density at radius 2 is 0.680 bits per heavy atom. The highest BCUT2D eigenvalue weighted by Crippen LogP contribution is 2.35. The van der Waals surface area contributed by atoms with Crippen LogP contribution in [0.4, 0.5) is 22.7 Å². The maximum absolute atomic E-state index is 12.6. The molecule has 0 aliphatic rings. The van der Waals surface area contributed by atoms with E-state index in [2.05, 4.69) is 21.3 Å². The molecular weight excluding hydrogens is 648 g/mol. The van der Waals surface area contributed by atoms with Crippen LogP contribution in [0.2, 0.25) is 0 Å². The maximum Gasteiger partial charge on any atom is 0.250 e. The average molecular weight is 687 g/mol. The zero-order valence-corrected chi connectivity index (χ0v) is 27.6. The first-order valence-corrected chi connectivity index (χ1v) is 15.4. The predicted molar refractivity (Wildman–Crippen MR) is 186 cm³/mol. The number of para-hydroxylation sites is 8. The lowest BCUT2D eigenvalue weighted by atomic mass is 10.2. The van der Waals surface area contributed by atoms with Gasteiger partial charge in [0.25, 0.3) is 0 Å². The molecule has 0 atom stereocenters. The highest BCUT2D eigenvalue weighted by atomic mass is 16.5. The van der Waals surface area contributed by atoms with E-state index in [0.29, 0.717) is 45.7 Å². The second-order valence-corrected chi connectivity index (χ2v) is 10.4. The Labute approximate surface area is 289 Å². The Morgan fingerprint density at radius 3 is 0.960 bits per heavy atom. The molecule has 14 heteroatoms. The molecule has 4 aromatic rings. The number of anilines is 4. The number of rotatable bonds is 19. The summed E-state index contributed by atoms with van der Waals surface area (Å²) in [5, 5.41) is 10.9. The van der Waals surface area contributed by atoms with Gasteiger partial charge in [0.1, 0.15) is 26.4 Å². The van der Waals surface area contributed by atoms with Crippen LogP contribution in [0.3, 0.4) is 0 Å². The van der Waals surface area contributed by atoms with Crippen LogP contribution in [-0.2, 0) is 38.1 Å². The summed E-state index contributed by atoms with van der Waals surface area (Å²) in [5.74, 6) is -0.0850. The van der Waals surface area contributed by atoms with Crippen LogP contribution in [0.25, 0.3) is 0 Å². The van der Waals surface area contributed by atoms with Crippen LogP contribution in [0, 0.1) is 0 Å². The van der Waals surface area contributed by atoms with Crippen molar-refractivity contribution in [2.24, 2.45) is 0 Å². The van der Waals surface area contributed by atoms with E-state index in [9.17, 15) is 19.2 Å². The standard InChI is InChI=1S/C36H38N4O10/c1-45-21-33(41)37-25-11-3-7-15-29(25)49-31-17-9-5-13-27(31)39-35(43)23-47-19-20-48-24-36(44)40-28-14-6-10-18-32(28)50-30-16-8-4-12-26(30)38-34(42)22-46-2/h3-18H,19-24H2,1-2H3,(H,37,41)(H,38,42)(H,39,43)(H,40,44). The van der Waals surface area contributed by atoms with Crippen molar-refractivity contribution in [1.82, 2.24) is 0 Å². The van der Waals surface area contributed by atoms with Gasteiger partial charge in [-0.2, -0.15) is 0 Å². The van der Waals surface area contributed by atoms with Gasteiger partial charge in [0.15, 0.2) is 23.0 Å². The van der Waals surface area contributed by atoms with Crippen LogP contribution < -0.4 is 30.7 Å². The van der Waals surface area contributed by atoms with E-state index < -0.39 is 11.8 Å². The van der Waals surface area contributed by atoms with E-state index in [-0.39, 0.29) is 51.5 Å². The first kappa shape index (κ1) is 37.0. The molecule has 0 saturated heterocycles. The second kappa shape index (κ2) is 19.9. The van der Waals surface area contributed by atoms with E-state index >= 15 is 0 Å². The fraction of sp³-hybridized carbons (Fsp3) is 0.222. The lowest BCUT2D eigenvalue weighted by Gasteiger charge is -2.15. The van der Waals surface area contributed by atoms with E-state index in [1.165, 1.54) is 14.2 Å². The third kappa shape index (κ3) is 12.0. The zero-order valence-electron chi connectivity index (χ0n) is 27.6. The van der Waals surface area contributed by atoms with Crippen LogP contribution in [0.15, 0.2) is 97.1 Å². The number of nitrogens with one attached hydrogen (secondary N) is 4. The van der Waals surface area contributed by atoms with Gasteiger partial charge in [0.2, 0.25) is 23.6 Å². The number of ether oxygens (including phenoxy) is 6. The van der Waals surface area contributed by atoms with E-state index in [0.717, 1.165) is 0 Å². The third-order valence-corrected chi connectivity index (χ3v) is 6.47. The Kier molecular flexibility index (Phi) is 14.7. The van der Waals surface area contributed by atoms with Gasteiger partial charge in [-0.1, -0.05) is 48.5 Å². The van der Waals surface area contributed by atoms with Crippen LogP contribution >= 0.6 is 0 Å². The Bertz CT molecular complexity index is 1620. The molecule has 0 heterocycles. The van der Waals surface area contributed by atoms with Crippen LogP contribution in [0.1, 0.15) is 0 Å². The molecule has 4 rings (SSSR count). The summed E-state index contributed by atoms with van der Waals surface area (Å²) in [6.07, 6.45) is 0. The van der Waals surface area contributed by atoms with Gasteiger partial charge < -0.3 is 49.7 Å². The lowest BCUT2D eigenvalue weighted by Crippen LogP contribution is -2.22. The molecule has 0 aromatic heterocycles. The van der Waals surface area contributed by atoms with Gasteiger partial charge in [0, 0.05) is 14.2 Å². The molecule has 4 amide bonds. The molecule has 0 aliphatic heterocycles. The minimum Gasteiger partial charge on any atom is -0.453 e. The third-order valence-electron chi connectivity index (χ3n) is 6.47. The highest BCUT2D eigenvalue weighted by molar-refractivity contribution is 5.95. The predicted octanol–water partition coefficient (Wildman–Crippen LogP) is 5.05. The van der Waals surface area contributed by atoms with Crippen molar-refractivity contribution < 1.29 is 47.6 Å². The van der Waals surface area contributed by atoms with Crippen LogP contribution in [-0.4, -0.2) is 77.5 Å². The number of amides is 4. The van der Waals surface area contributed by atoms with Gasteiger partial charge in [-0.25, -0.2) is 0 Å². The number of carbonyl (C=O) groups is 4. The van der Waals surface area contributed by atoms with Gasteiger partial charge in [-0.15, -0.1) is 0 Å². The Balaban J connectivity index is 1.20. The number of benzene rings is 4. The molecule has 0 radical (unpaired) electrons. The fourth-order valence-electron chi connectivity index (χ4n) is 4.33. The van der Waals surface area contributed by atoms with Crippen LogP contribution in [0.5, 0.6) is 23.0 Å². The van der Waals surface area contributed by atoms with Gasteiger partial charge in [-0.05, 0) is 48.5 Å². The van der Waals surface area contributed by atoms with E-state index in [4.69, 9.17) is 28.4 Å². The summed E-state index contributed by atoms with van der Waals surface area (Å²) in [4.78, 5) is 49.2. The molecule has 50 heavy (non-hydrogen) atoms. The summed E-state index contributed by atoms with van der Waals surface area (Å²) in [5.41, 5.74) is 1.68. The first-order valence-electron chi connectivity index (χ1n) is 15.4. The smallest absolute Gasteiger partial charge is 0.250 e. The molecule has 0 fully saturated rings. The summed E-state index contributed by atoms with van der Waals surface area (Å²) < 4.78 is 32.6. The summed E-state index contributed by atoms with van der Waals surface area (Å²) in [6.45, 7) is -0.659. The maximum atomic E-state index is 12.6. The summed E-state index contributed by atoms with van der Waals surface area (Å²) in [7, 11) is 2.85. The van der Waals surface area contributed by atoms with E-state index in [1.54, 1.807) is 97.1 Å². The number of hydrogen-bond acceptors (Lipinski definition) is 10. The zero-order chi connectivity index (χ0) is 35.6. The quantitative estimate of drug-likeness (QED) is 0.0979. The molecule has 0 unspecified atom stereocenters. The fourth-order valence-corrected chi connectivity index (χ4v) is 4.33. The second-order valence-electron chi connectivity index (χ2n) is 10.4. The van der Waals surface area contributed by atoms with Crippen molar-refractivity contribution in [2.45, 2.75) is 0 Å². The lowest BCUT2D eigenvalue weighted by molar-refractivity contribution is -0.124. The van der Waals surface area contributed by atoms with Crippen molar-refractivity contribution in [1.29, 1.82) is 0 Å². The molecule has 4 aromatic carbocycles. The Hall–Kier alpha value is -5.80. The van der Waals surface area contributed by atoms with Gasteiger partial charge >= 0.3 is 0 Å². The average Bonchev–Trinajstić information content (AvgIpc) is 3.10. The van der Waals surface area contributed by atoms with Gasteiger partial charge in [0.05, 0.1) is 36.0 Å². The summed E-state index contributed by atoms with van der Waals surface area (Å²) >= 11 is 0. The monoisotopic (exact) mass is 686 g/mol.